The van der Waals surface area contributed by atoms with Gasteiger partial charge in [0.1, 0.15) is 0 Å². The van der Waals surface area contributed by atoms with Crippen LogP contribution in [0.15, 0.2) is 48.8 Å². The van der Waals surface area contributed by atoms with E-state index in [1.807, 2.05) is 18.2 Å². The fourth-order valence-corrected chi connectivity index (χ4v) is 3.94. The van der Waals surface area contributed by atoms with Crippen LogP contribution in [-0.2, 0) is 10.2 Å². The van der Waals surface area contributed by atoms with Gasteiger partial charge < -0.3 is 15.7 Å². The third-order valence-electron chi connectivity index (χ3n) is 5.53. The Morgan fingerprint density at radius 2 is 1.89 bits per heavy atom. The van der Waals surface area contributed by atoms with Crippen LogP contribution in [-0.4, -0.2) is 45.8 Å². The standard InChI is InChI=1S/C21H26N4O3/c1-15(26)25-18-7-10-21(11-8-19(18)27,17-5-3-2-4-6-17)14-22-20(28)16-9-12-23-24-13-16/h2-6,9,12-13,18-19,27H,7-8,10-11,14H2,1H3,(H,22,28)(H,25,26)/t18-,19-,21-/m0/s1. The molecule has 0 radical (unpaired) electrons. The minimum absolute atomic E-state index is 0.144. The second-order valence-corrected chi connectivity index (χ2v) is 7.41. The zero-order chi connectivity index (χ0) is 20.0. The van der Waals surface area contributed by atoms with Crippen LogP contribution in [0.2, 0.25) is 0 Å². The zero-order valence-electron chi connectivity index (χ0n) is 16.0. The number of rotatable bonds is 5. The van der Waals surface area contributed by atoms with Crippen molar-refractivity contribution in [3.05, 3.63) is 59.9 Å². The lowest BCUT2D eigenvalue weighted by atomic mass is 9.74. The van der Waals surface area contributed by atoms with Crippen molar-refractivity contribution in [2.24, 2.45) is 0 Å². The molecule has 2 aromatic rings. The quantitative estimate of drug-likeness (QED) is 0.681. The van der Waals surface area contributed by atoms with E-state index in [2.05, 4.69) is 33.0 Å². The second kappa shape index (κ2) is 8.93. The summed E-state index contributed by atoms with van der Waals surface area (Å²) in [6, 6.07) is 11.4. The molecule has 28 heavy (non-hydrogen) atoms. The molecule has 0 unspecified atom stereocenters. The number of aromatic nitrogens is 2. The molecule has 2 amide bonds. The molecule has 1 fully saturated rings. The van der Waals surface area contributed by atoms with E-state index in [-0.39, 0.29) is 23.3 Å². The number of benzene rings is 1. The maximum atomic E-state index is 12.5. The van der Waals surface area contributed by atoms with Crippen LogP contribution in [0.5, 0.6) is 0 Å². The van der Waals surface area contributed by atoms with Crippen molar-refractivity contribution in [1.29, 1.82) is 0 Å². The van der Waals surface area contributed by atoms with Gasteiger partial charge in [0, 0.05) is 18.9 Å². The van der Waals surface area contributed by atoms with Crippen LogP contribution in [0.3, 0.4) is 0 Å². The molecule has 3 rings (SSSR count). The summed E-state index contributed by atoms with van der Waals surface area (Å²) in [6.45, 7) is 1.91. The van der Waals surface area contributed by atoms with Gasteiger partial charge in [-0.1, -0.05) is 30.3 Å². The smallest absolute Gasteiger partial charge is 0.253 e. The summed E-state index contributed by atoms with van der Waals surface area (Å²) >= 11 is 0. The summed E-state index contributed by atoms with van der Waals surface area (Å²) in [7, 11) is 0. The molecule has 3 atom stereocenters. The van der Waals surface area contributed by atoms with Crippen LogP contribution < -0.4 is 10.6 Å². The van der Waals surface area contributed by atoms with Crippen molar-refractivity contribution in [1.82, 2.24) is 20.8 Å². The largest absolute Gasteiger partial charge is 0.391 e. The van der Waals surface area contributed by atoms with Gasteiger partial charge in [0.15, 0.2) is 0 Å². The first-order valence-corrected chi connectivity index (χ1v) is 9.56. The molecular formula is C21H26N4O3. The van der Waals surface area contributed by atoms with Crippen LogP contribution in [0, 0.1) is 0 Å². The molecule has 7 heteroatoms. The lowest BCUT2D eigenvalue weighted by molar-refractivity contribution is -0.120. The highest BCUT2D eigenvalue weighted by atomic mass is 16.3. The summed E-state index contributed by atoms with van der Waals surface area (Å²) in [5.74, 6) is -0.344. The number of nitrogens with one attached hydrogen (secondary N) is 2. The van der Waals surface area contributed by atoms with E-state index in [1.165, 1.54) is 19.3 Å². The van der Waals surface area contributed by atoms with Gasteiger partial charge in [0.05, 0.1) is 30.1 Å². The lowest BCUT2D eigenvalue weighted by Gasteiger charge is -2.34. The molecule has 1 aliphatic rings. The SMILES string of the molecule is CC(=O)N[C@H]1CC[C@](CNC(=O)c2ccnnc2)(c2ccccc2)CC[C@@H]1O. The van der Waals surface area contributed by atoms with Gasteiger partial charge in [-0.3, -0.25) is 9.59 Å². The summed E-state index contributed by atoms with van der Waals surface area (Å²) in [6.07, 6.45) is 4.97. The number of carbonyl (C=O) groups is 2. The molecule has 0 aliphatic heterocycles. The van der Waals surface area contributed by atoms with E-state index in [4.69, 9.17) is 0 Å². The zero-order valence-corrected chi connectivity index (χ0v) is 16.0. The molecular weight excluding hydrogens is 356 g/mol. The predicted octanol–water partition coefficient (Wildman–Crippen LogP) is 1.58. The first-order valence-electron chi connectivity index (χ1n) is 9.56. The highest BCUT2D eigenvalue weighted by Crippen LogP contribution is 2.38. The molecule has 148 valence electrons. The molecule has 1 aromatic heterocycles. The van der Waals surface area contributed by atoms with E-state index in [1.54, 1.807) is 6.07 Å². The fourth-order valence-electron chi connectivity index (χ4n) is 3.94. The van der Waals surface area contributed by atoms with Crippen molar-refractivity contribution >= 4 is 11.8 Å². The van der Waals surface area contributed by atoms with Crippen molar-refractivity contribution in [2.75, 3.05) is 6.54 Å². The minimum Gasteiger partial charge on any atom is -0.391 e. The Balaban J connectivity index is 1.81. The van der Waals surface area contributed by atoms with Crippen molar-refractivity contribution in [3.63, 3.8) is 0 Å². The van der Waals surface area contributed by atoms with Gasteiger partial charge in [0.2, 0.25) is 5.91 Å². The van der Waals surface area contributed by atoms with Gasteiger partial charge in [-0.25, -0.2) is 0 Å². The highest BCUT2D eigenvalue weighted by molar-refractivity contribution is 5.93. The van der Waals surface area contributed by atoms with Gasteiger partial charge in [-0.15, -0.1) is 0 Å². The van der Waals surface area contributed by atoms with Gasteiger partial charge in [-0.2, -0.15) is 10.2 Å². The maximum Gasteiger partial charge on any atom is 0.253 e. The molecule has 1 saturated carbocycles. The number of amides is 2. The highest BCUT2D eigenvalue weighted by Gasteiger charge is 2.38. The minimum atomic E-state index is -0.602. The fraction of sp³-hybridized carbons (Fsp3) is 0.429. The van der Waals surface area contributed by atoms with Crippen LogP contribution >= 0.6 is 0 Å². The second-order valence-electron chi connectivity index (χ2n) is 7.41. The molecule has 1 heterocycles. The number of aliphatic hydroxyl groups excluding tert-OH is 1. The number of carbonyl (C=O) groups excluding carboxylic acids is 2. The van der Waals surface area contributed by atoms with E-state index < -0.39 is 6.10 Å². The summed E-state index contributed by atoms with van der Waals surface area (Å²) < 4.78 is 0. The number of hydrogen-bond acceptors (Lipinski definition) is 5. The summed E-state index contributed by atoms with van der Waals surface area (Å²) in [4.78, 5) is 24.0. The Morgan fingerprint density at radius 3 is 2.57 bits per heavy atom. The average Bonchev–Trinajstić information content (AvgIpc) is 2.87. The number of aliphatic hydroxyl groups is 1. The first kappa shape index (κ1) is 19.9. The van der Waals surface area contributed by atoms with E-state index in [0.717, 1.165) is 12.0 Å². The van der Waals surface area contributed by atoms with Crippen LogP contribution in [0.25, 0.3) is 0 Å². The van der Waals surface area contributed by atoms with Crippen molar-refractivity contribution in [3.8, 4) is 0 Å². The number of hydrogen-bond donors (Lipinski definition) is 3. The Labute approximate surface area is 164 Å². The molecule has 3 N–H and O–H groups in total. The normalized spacial score (nSPS) is 24.8. The van der Waals surface area contributed by atoms with Crippen molar-refractivity contribution < 1.29 is 14.7 Å². The molecule has 0 saturated heterocycles. The Kier molecular flexibility index (Phi) is 6.36. The van der Waals surface area contributed by atoms with Gasteiger partial charge in [-0.05, 0) is 37.3 Å². The van der Waals surface area contributed by atoms with E-state index >= 15 is 0 Å². The van der Waals surface area contributed by atoms with Crippen LogP contribution in [0.4, 0.5) is 0 Å². The number of nitrogens with zero attached hydrogens (tertiary/aromatic N) is 2. The molecule has 1 aliphatic carbocycles. The predicted molar refractivity (Wildman–Crippen MR) is 105 cm³/mol. The molecule has 1 aromatic carbocycles. The maximum absolute atomic E-state index is 12.5. The molecule has 7 nitrogen and oxygen atoms in total. The van der Waals surface area contributed by atoms with E-state index in [0.29, 0.717) is 31.4 Å². The Bertz CT molecular complexity index is 800. The summed E-state index contributed by atoms with van der Waals surface area (Å²) in [5.41, 5.74) is 1.27. The third-order valence-corrected chi connectivity index (χ3v) is 5.53. The molecule has 0 spiro atoms. The molecule has 0 bridgehead atoms. The summed E-state index contributed by atoms with van der Waals surface area (Å²) in [5, 5.41) is 23.9. The Morgan fingerprint density at radius 1 is 1.14 bits per heavy atom. The van der Waals surface area contributed by atoms with Gasteiger partial charge in [0.25, 0.3) is 5.91 Å². The Hall–Kier alpha value is -2.80. The first-order chi connectivity index (χ1) is 13.5. The van der Waals surface area contributed by atoms with Gasteiger partial charge >= 0.3 is 0 Å². The monoisotopic (exact) mass is 382 g/mol. The average molecular weight is 382 g/mol. The van der Waals surface area contributed by atoms with Crippen LogP contribution in [0.1, 0.15) is 48.5 Å². The lowest BCUT2D eigenvalue weighted by Crippen LogP contribution is -2.42. The third kappa shape index (κ3) is 4.72. The van der Waals surface area contributed by atoms with E-state index in [9.17, 15) is 14.7 Å². The topological polar surface area (TPSA) is 104 Å². The van der Waals surface area contributed by atoms with Crippen molar-refractivity contribution in [2.45, 2.75) is 50.2 Å².